The van der Waals surface area contributed by atoms with Crippen molar-refractivity contribution in [2.75, 3.05) is 4.90 Å². The fourth-order valence-corrected chi connectivity index (χ4v) is 2.31. The van der Waals surface area contributed by atoms with E-state index in [4.69, 9.17) is 0 Å². The lowest BCUT2D eigenvalue weighted by molar-refractivity contribution is 0.606. The molecule has 0 fully saturated rings. The molecule has 2 aromatic rings. The molecule has 0 aliphatic rings. The summed E-state index contributed by atoms with van der Waals surface area (Å²) < 4.78 is 15.6. The average Bonchev–Trinajstić information content (AvgIpc) is 2.48. The van der Waals surface area contributed by atoms with E-state index in [0.717, 1.165) is 10.3 Å². The standard InChI is InChI=1S/C16H20FN3O2/c1-11(2)20(13-7-5-12(17)6-8-13)10-14-9-15(21)19(4)16(22)18(14)3/h5-9,11H,10H2,1-4H3. The molecule has 22 heavy (non-hydrogen) atoms. The van der Waals surface area contributed by atoms with Gasteiger partial charge in [0, 0.05) is 37.6 Å². The molecule has 0 unspecified atom stereocenters. The lowest BCUT2D eigenvalue weighted by atomic mass is 10.2. The molecule has 0 saturated heterocycles. The van der Waals surface area contributed by atoms with Crippen molar-refractivity contribution in [1.82, 2.24) is 9.13 Å². The number of hydrogen-bond acceptors (Lipinski definition) is 3. The largest absolute Gasteiger partial charge is 0.363 e. The van der Waals surface area contributed by atoms with E-state index in [1.807, 2.05) is 18.7 Å². The van der Waals surface area contributed by atoms with Crippen molar-refractivity contribution in [3.63, 3.8) is 0 Å². The number of hydrogen-bond donors (Lipinski definition) is 0. The average molecular weight is 305 g/mol. The Balaban J connectivity index is 2.43. The summed E-state index contributed by atoms with van der Waals surface area (Å²) in [6.07, 6.45) is 0. The third kappa shape index (κ3) is 3.10. The van der Waals surface area contributed by atoms with Gasteiger partial charge in [0.05, 0.1) is 6.54 Å². The van der Waals surface area contributed by atoms with Crippen LogP contribution in [0.1, 0.15) is 19.5 Å². The van der Waals surface area contributed by atoms with Crippen molar-refractivity contribution < 1.29 is 4.39 Å². The first-order valence-electron chi connectivity index (χ1n) is 7.09. The van der Waals surface area contributed by atoms with Gasteiger partial charge >= 0.3 is 5.69 Å². The molecule has 0 radical (unpaired) electrons. The van der Waals surface area contributed by atoms with Crippen molar-refractivity contribution in [3.8, 4) is 0 Å². The van der Waals surface area contributed by atoms with E-state index in [2.05, 4.69) is 0 Å². The summed E-state index contributed by atoms with van der Waals surface area (Å²) >= 11 is 0. The van der Waals surface area contributed by atoms with Gasteiger partial charge in [-0.1, -0.05) is 0 Å². The van der Waals surface area contributed by atoms with E-state index in [1.54, 1.807) is 19.2 Å². The molecular formula is C16H20FN3O2. The van der Waals surface area contributed by atoms with Crippen LogP contribution in [0.25, 0.3) is 0 Å². The maximum absolute atomic E-state index is 13.1. The van der Waals surface area contributed by atoms with Crippen molar-refractivity contribution in [3.05, 3.63) is 62.7 Å². The van der Waals surface area contributed by atoms with Gasteiger partial charge in [0.2, 0.25) is 0 Å². The predicted molar refractivity (Wildman–Crippen MR) is 84.6 cm³/mol. The zero-order chi connectivity index (χ0) is 16.4. The fraction of sp³-hybridized carbons (Fsp3) is 0.375. The Morgan fingerprint density at radius 3 is 2.23 bits per heavy atom. The van der Waals surface area contributed by atoms with Gasteiger partial charge in [0.15, 0.2) is 0 Å². The second-order valence-corrected chi connectivity index (χ2v) is 5.57. The minimum Gasteiger partial charge on any atom is -0.363 e. The molecule has 1 aromatic heterocycles. The molecule has 1 aromatic carbocycles. The number of halogens is 1. The number of rotatable bonds is 4. The molecule has 0 amide bonds. The molecule has 0 saturated carbocycles. The van der Waals surface area contributed by atoms with Crippen LogP contribution in [0.4, 0.5) is 10.1 Å². The van der Waals surface area contributed by atoms with Crippen molar-refractivity contribution in [1.29, 1.82) is 0 Å². The Labute approximate surface area is 128 Å². The lowest BCUT2D eigenvalue weighted by Crippen LogP contribution is -2.40. The Morgan fingerprint density at radius 1 is 1.09 bits per heavy atom. The highest BCUT2D eigenvalue weighted by Gasteiger charge is 2.14. The highest BCUT2D eigenvalue weighted by molar-refractivity contribution is 5.47. The second-order valence-electron chi connectivity index (χ2n) is 5.57. The Kier molecular flexibility index (Phi) is 4.49. The van der Waals surface area contributed by atoms with Gasteiger partial charge < -0.3 is 4.90 Å². The van der Waals surface area contributed by atoms with Crippen LogP contribution in [0.15, 0.2) is 39.9 Å². The Hall–Kier alpha value is -2.37. The molecule has 0 aliphatic heterocycles. The zero-order valence-corrected chi connectivity index (χ0v) is 13.2. The molecule has 5 nitrogen and oxygen atoms in total. The van der Waals surface area contributed by atoms with E-state index in [0.29, 0.717) is 12.2 Å². The summed E-state index contributed by atoms with van der Waals surface area (Å²) in [5.74, 6) is -0.298. The molecule has 0 aliphatic carbocycles. The third-order valence-corrected chi connectivity index (χ3v) is 3.74. The number of anilines is 1. The first kappa shape index (κ1) is 16.0. The quantitative estimate of drug-likeness (QED) is 0.863. The summed E-state index contributed by atoms with van der Waals surface area (Å²) in [5, 5.41) is 0. The van der Waals surface area contributed by atoms with Crippen LogP contribution >= 0.6 is 0 Å². The summed E-state index contributed by atoms with van der Waals surface area (Å²) in [6.45, 7) is 4.40. The first-order valence-corrected chi connectivity index (χ1v) is 7.09. The summed E-state index contributed by atoms with van der Waals surface area (Å²) in [7, 11) is 3.09. The topological polar surface area (TPSA) is 47.2 Å². The first-order chi connectivity index (χ1) is 10.3. The van der Waals surface area contributed by atoms with Gasteiger partial charge in [-0.25, -0.2) is 9.18 Å². The van der Waals surface area contributed by atoms with Gasteiger partial charge in [0.1, 0.15) is 5.82 Å². The number of aromatic nitrogens is 2. The van der Waals surface area contributed by atoms with E-state index in [9.17, 15) is 14.0 Å². The van der Waals surface area contributed by atoms with Crippen molar-refractivity contribution in [2.24, 2.45) is 14.1 Å². The smallest absolute Gasteiger partial charge is 0.330 e. The maximum Gasteiger partial charge on any atom is 0.330 e. The lowest BCUT2D eigenvalue weighted by Gasteiger charge is -2.29. The molecule has 0 spiro atoms. The van der Waals surface area contributed by atoms with Crippen LogP contribution in [-0.4, -0.2) is 15.2 Å². The second kappa shape index (κ2) is 6.17. The monoisotopic (exact) mass is 305 g/mol. The van der Waals surface area contributed by atoms with Gasteiger partial charge in [-0.3, -0.25) is 13.9 Å². The number of nitrogens with zero attached hydrogens (tertiary/aromatic N) is 3. The normalized spacial score (nSPS) is 11.0. The minimum absolute atomic E-state index is 0.129. The van der Waals surface area contributed by atoms with Crippen molar-refractivity contribution >= 4 is 5.69 Å². The molecular weight excluding hydrogens is 285 g/mol. The van der Waals surface area contributed by atoms with Gasteiger partial charge in [-0.2, -0.15) is 0 Å². The SMILES string of the molecule is CC(C)N(Cc1cc(=O)n(C)c(=O)n1C)c1ccc(F)cc1. The van der Waals surface area contributed by atoms with Crippen LogP contribution in [-0.2, 0) is 20.6 Å². The van der Waals surface area contributed by atoms with Crippen LogP contribution in [0.2, 0.25) is 0 Å². The van der Waals surface area contributed by atoms with Crippen LogP contribution in [0.3, 0.4) is 0 Å². The number of benzene rings is 1. The predicted octanol–water partition coefficient (Wildman–Crippen LogP) is 1.64. The molecule has 1 heterocycles. The third-order valence-electron chi connectivity index (χ3n) is 3.74. The van der Waals surface area contributed by atoms with E-state index in [1.165, 1.54) is 29.8 Å². The summed E-state index contributed by atoms with van der Waals surface area (Å²) in [4.78, 5) is 25.8. The van der Waals surface area contributed by atoms with E-state index >= 15 is 0 Å². The maximum atomic E-state index is 13.1. The van der Waals surface area contributed by atoms with Crippen LogP contribution in [0, 0.1) is 5.82 Å². The summed E-state index contributed by atoms with van der Waals surface area (Å²) in [5.41, 5.74) is 0.766. The molecule has 6 heteroatoms. The molecule has 0 bridgehead atoms. The van der Waals surface area contributed by atoms with Crippen molar-refractivity contribution in [2.45, 2.75) is 26.4 Å². The van der Waals surface area contributed by atoms with E-state index < -0.39 is 0 Å². The van der Waals surface area contributed by atoms with E-state index in [-0.39, 0.29) is 23.1 Å². The van der Waals surface area contributed by atoms with Crippen LogP contribution < -0.4 is 16.1 Å². The molecule has 0 atom stereocenters. The highest BCUT2D eigenvalue weighted by atomic mass is 19.1. The Bertz CT molecular complexity index is 775. The minimum atomic E-state index is -0.356. The molecule has 2 rings (SSSR count). The summed E-state index contributed by atoms with van der Waals surface area (Å²) in [6, 6.07) is 7.76. The highest BCUT2D eigenvalue weighted by Crippen LogP contribution is 2.19. The van der Waals surface area contributed by atoms with Gasteiger partial charge in [0.25, 0.3) is 5.56 Å². The molecule has 118 valence electrons. The fourth-order valence-electron chi connectivity index (χ4n) is 2.31. The zero-order valence-electron chi connectivity index (χ0n) is 13.2. The Morgan fingerprint density at radius 2 is 1.68 bits per heavy atom. The van der Waals surface area contributed by atoms with Gasteiger partial charge in [-0.05, 0) is 38.1 Å². The van der Waals surface area contributed by atoms with Crippen LogP contribution in [0.5, 0.6) is 0 Å². The van der Waals surface area contributed by atoms with Gasteiger partial charge in [-0.15, -0.1) is 0 Å². The molecule has 0 N–H and O–H groups in total.